The maximum absolute atomic E-state index is 14.4. The molecule has 3 aliphatic rings. The molecule has 1 amide bonds. The number of piperidine rings is 1. The Morgan fingerprint density at radius 3 is 2.51 bits per heavy atom. The van der Waals surface area contributed by atoms with Gasteiger partial charge in [0.15, 0.2) is 0 Å². The molecule has 5 rings (SSSR count). The van der Waals surface area contributed by atoms with E-state index in [0.717, 1.165) is 43.7 Å². The van der Waals surface area contributed by atoms with Crippen LogP contribution in [-0.2, 0) is 14.3 Å². The molecule has 6 atom stereocenters. The van der Waals surface area contributed by atoms with E-state index in [0.29, 0.717) is 22.5 Å². The number of hydrogen-bond donors (Lipinski definition) is 1. The minimum absolute atomic E-state index is 0.0809. The van der Waals surface area contributed by atoms with Crippen LogP contribution in [0.2, 0.25) is 10.0 Å². The van der Waals surface area contributed by atoms with Gasteiger partial charge in [-0.3, -0.25) is 14.5 Å². The van der Waals surface area contributed by atoms with E-state index in [1.54, 1.807) is 0 Å². The molecule has 2 aromatic carbocycles. The molecule has 6 nitrogen and oxygen atoms in total. The fourth-order valence-electron chi connectivity index (χ4n) is 6.67. The molecular weight excluding hydrogens is 511 g/mol. The van der Waals surface area contributed by atoms with Crippen molar-refractivity contribution in [2.75, 3.05) is 19.7 Å². The number of carboxylic acids is 1. The van der Waals surface area contributed by atoms with Gasteiger partial charge >= 0.3 is 5.97 Å². The van der Waals surface area contributed by atoms with E-state index in [9.17, 15) is 14.7 Å². The van der Waals surface area contributed by atoms with Crippen molar-refractivity contribution in [2.24, 2.45) is 5.41 Å². The van der Waals surface area contributed by atoms with Gasteiger partial charge in [0.1, 0.15) is 0 Å². The number of hydrogen-bond acceptors (Lipinski definition) is 4. The molecule has 198 valence electrons. The summed E-state index contributed by atoms with van der Waals surface area (Å²) in [6.07, 6.45) is 2.26. The first-order chi connectivity index (χ1) is 17.7. The van der Waals surface area contributed by atoms with Gasteiger partial charge in [0.05, 0.1) is 30.6 Å². The lowest BCUT2D eigenvalue weighted by molar-refractivity contribution is -0.161. The number of carboxylic acid groups (broad SMARTS) is 1. The molecule has 3 aliphatic heterocycles. The number of nitrogens with zero attached hydrogens (tertiary/aromatic N) is 2. The molecule has 2 aromatic rings. The zero-order chi connectivity index (χ0) is 26.3. The Bertz CT molecular complexity index is 1160. The van der Waals surface area contributed by atoms with Crippen LogP contribution in [0.5, 0.6) is 0 Å². The number of rotatable bonds is 8. The molecule has 0 aliphatic carbocycles. The number of benzene rings is 2. The zero-order valence-electron chi connectivity index (χ0n) is 21.3. The molecule has 2 bridgehead atoms. The molecule has 3 fully saturated rings. The van der Waals surface area contributed by atoms with Crippen molar-refractivity contribution in [3.8, 4) is 0 Å². The van der Waals surface area contributed by atoms with E-state index >= 15 is 0 Å². The van der Waals surface area contributed by atoms with Gasteiger partial charge in [0.25, 0.3) is 0 Å². The van der Waals surface area contributed by atoms with E-state index in [2.05, 4.69) is 11.8 Å². The van der Waals surface area contributed by atoms with Crippen molar-refractivity contribution < 1.29 is 19.4 Å². The normalized spacial score (nSPS) is 30.6. The van der Waals surface area contributed by atoms with Crippen LogP contribution < -0.4 is 0 Å². The van der Waals surface area contributed by atoms with Crippen LogP contribution in [0, 0.1) is 5.41 Å². The second-order valence-electron chi connectivity index (χ2n) is 11.1. The maximum Gasteiger partial charge on any atom is 0.304 e. The van der Waals surface area contributed by atoms with E-state index in [1.807, 2.05) is 60.4 Å². The Kier molecular flexibility index (Phi) is 7.56. The summed E-state index contributed by atoms with van der Waals surface area (Å²) in [5.41, 5.74) is 0.956. The summed E-state index contributed by atoms with van der Waals surface area (Å²) in [6, 6.07) is 15.5. The Labute approximate surface area is 228 Å². The Balaban J connectivity index is 1.61. The molecule has 0 radical (unpaired) electrons. The highest BCUT2D eigenvalue weighted by Gasteiger charge is 2.53. The summed E-state index contributed by atoms with van der Waals surface area (Å²) in [6.45, 7) is 6.27. The number of ether oxygens (including phenoxy) is 1. The lowest BCUT2D eigenvalue weighted by Crippen LogP contribution is -2.58. The largest absolute Gasteiger partial charge is 0.481 e. The molecule has 0 aromatic heterocycles. The predicted octanol–water partition coefficient (Wildman–Crippen LogP) is 5.78. The molecule has 0 saturated carbocycles. The van der Waals surface area contributed by atoms with E-state index < -0.39 is 11.4 Å². The average Bonchev–Trinajstić information content (AvgIpc) is 3.48. The van der Waals surface area contributed by atoms with Gasteiger partial charge in [-0.2, -0.15) is 0 Å². The SMILES string of the molecule is CC[C@@H](CN1C[C@@H]2C[C@H]1CO2)N1C(=O)[C@@](C)(CC(=O)O)C[C@H](c2cccc(Cl)c2)[C@H]1c1ccc(Cl)cc1. The Hall–Kier alpha value is -2.12. The number of likely N-dealkylation sites (tertiary alicyclic amines) is 2. The van der Waals surface area contributed by atoms with E-state index in [1.165, 1.54) is 0 Å². The molecule has 3 heterocycles. The van der Waals surface area contributed by atoms with Crippen LogP contribution in [0.25, 0.3) is 0 Å². The van der Waals surface area contributed by atoms with Crippen molar-refractivity contribution in [3.05, 3.63) is 69.7 Å². The van der Waals surface area contributed by atoms with Crippen molar-refractivity contribution in [2.45, 2.75) is 69.7 Å². The first-order valence-electron chi connectivity index (χ1n) is 13.1. The third kappa shape index (κ3) is 5.26. The summed E-state index contributed by atoms with van der Waals surface area (Å²) in [4.78, 5) is 30.8. The van der Waals surface area contributed by atoms with Crippen LogP contribution >= 0.6 is 23.2 Å². The number of morpholine rings is 1. The van der Waals surface area contributed by atoms with E-state index in [4.69, 9.17) is 27.9 Å². The minimum Gasteiger partial charge on any atom is -0.481 e. The lowest BCUT2D eigenvalue weighted by Gasteiger charge is -2.52. The van der Waals surface area contributed by atoms with Gasteiger partial charge in [-0.05, 0) is 54.7 Å². The highest BCUT2D eigenvalue weighted by atomic mass is 35.5. The molecule has 0 unspecified atom stereocenters. The minimum atomic E-state index is -1.04. The summed E-state index contributed by atoms with van der Waals surface area (Å²) in [7, 11) is 0. The lowest BCUT2D eigenvalue weighted by atomic mass is 9.67. The topological polar surface area (TPSA) is 70.1 Å². The molecule has 3 saturated heterocycles. The van der Waals surface area contributed by atoms with Gasteiger partial charge in [-0.25, -0.2) is 0 Å². The van der Waals surface area contributed by atoms with Crippen LogP contribution in [0.4, 0.5) is 0 Å². The Morgan fingerprint density at radius 2 is 1.92 bits per heavy atom. The number of carbonyl (C=O) groups excluding carboxylic acids is 1. The number of carbonyl (C=O) groups is 2. The number of fused-ring (bicyclic) bond motifs is 2. The van der Waals surface area contributed by atoms with Gasteiger partial charge in [0, 0.05) is 41.1 Å². The summed E-state index contributed by atoms with van der Waals surface area (Å²) < 4.78 is 5.82. The first kappa shape index (κ1) is 26.5. The van der Waals surface area contributed by atoms with Crippen LogP contribution in [0.1, 0.15) is 62.6 Å². The number of amides is 1. The second kappa shape index (κ2) is 10.6. The number of halogens is 2. The molecular formula is C29H34Cl2N2O4. The first-order valence-corrected chi connectivity index (χ1v) is 13.8. The monoisotopic (exact) mass is 544 g/mol. The summed E-state index contributed by atoms with van der Waals surface area (Å²) in [5.74, 6) is -1.19. The van der Waals surface area contributed by atoms with Crippen LogP contribution in [0.15, 0.2) is 48.5 Å². The number of aliphatic carboxylic acids is 1. The maximum atomic E-state index is 14.4. The third-order valence-corrected chi connectivity index (χ3v) is 8.94. The summed E-state index contributed by atoms with van der Waals surface area (Å²) in [5, 5.41) is 11.1. The molecule has 8 heteroatoms. The van der Waals surface area contributed by atoms with Crippen LogP contribution in [-0.4, -0.2) is 64.7 Å². The third-order valence-electron chi connectivity index (χ3n) is 8.46. The zero-order valence-corrected chi connectivity index (χ0v) is 22.8. The molecule has 1 N–H and O–H groups in total. The van der Waals surface area contributed by atoms with Gasteiger partial charge < -0.3 is 14.7 Å². The van der Waals surface area contributed by atoms with Gasteiger partial charge in [0.2, 0.25) is 5.91 Å². The molecule has 37 heavy (non-hydrogen) atoms. The highest BCUT2D eigenvalue weighted by Crippen LogP contribution is 2.52. The average molecular weight is 546 g/mol. The fraction of sp³-hybridized carbons (Fsp3) is 0.517. The predicted molar refractivity (Wildman–Crippen MR) is 144 cm³/mol. The standard InChI is InChI=1S/C29H34Cl2N2O4/c1-3-22(15-32-16-24-12-23(32)17-37-24)33-27(18-7-9-20(30)10-8-18)25(19-5-4-6-21(31)11-19)13-29(2,28(33)36)14-26(34)35/h4-11,22-25,27H,3,12-17H2,1-2H3,(H,34,35)/t22-,23-,24-,25+,27+,29+/m0/s1. The van der Waals surface area contributed by atoms with Crippen molar-refractivity contribution in [3.63, 3.8) is 0 Å². The fourth-order valence-corrected chi connectivity index (χ4v) is 6.99. The highest BCUT2D eigenvalue weighted by molar-refractivity contribution is 6.30. The quantitative estimate of drug-likeness (QED) is 0.455. The van der Waals surface area contributed by atoms with Crippen molar-refractivity contribution in [1.29, 1.82) is 0 Å². The van der Waals surface area contributed by atoms with Crippen molar-refractivity contribution in [1.82, 2.24) is 9.80 Å². The second-order valence-corrected chi connectivity index (χ2v) is 11.9. The van der Waals surface area contributed by atoms with Gasteiger partial charge in [-0.15, -0.1) is 0 Å². The molecule has 0 spiro atoms. The van der Waals surface area contributed by atoms with Gasteiger partial charge in [-0.1, -0.05) is 61.3 Å². The van der Waals surface area contributed by atoms with Crippen LogP contribution in [0.3, 0.4) is 0 Å². The smallest absolute Gasteiger partial charge is 0.304 e. The van der Waals surface area contributed by atoms with Crippen molar-refractivity contribution >= 4 is 35.1 Å². The Morgan fingerprint density at radius 1 is 1.16 bits per heavy atom. The summed E-state index contributed by atoms with van der Waals surface area (Å²) >= 11 is 12.7. The van der Waals surface area contributed by atoms with E-state index in [-0.39, 0.29) is 36.4 Å².